The average molecular weight is 423 g/mol. The molecule has 0 aliphatic carbocycles. The number of anilines is 1. The molecule has 3 N–H and O–H groups in total. The fraction of sp³-hybridized carbons (Fsp3) is 0.300. The number of aromatic nitrogens is 2. The highest BCUT2D eigenvalue weighted by atomic mass is 35.5. The first-order valence-corrected chi connectivity index (χ1v) is 8.84. The maximum absolute atomic E-state index is 12.7. The van der Waals surface area contributed by atoms with Crippen LogP contribution in [0.5, 0.6) is 0 Å². The number of fused-ring (bicyclic) bond motifs is 1. The van der Waals surface area contributed by atoms with Crippen molar-refractivity contribution < 1.29 is 9.53 Å². The van der Waals surface area contributed by atoms with Gasteiger partial charge in [-0.25, -0.2) is 4.98 Å². The minimum Gasteiger partial charge on any atom is -0.381 e. The van der Waals surface area contributed by atoms with Crippen LogP contribution in [0.2, 0.25) is 0 Å². The van der Waals surface area contributed by atoms with Crippen molar-refractivity contribution in [3.8, 4) is 5.69 Å². The van der Waals surface area contributed by atoms with Crippen LogP contribution in [0.3, 0.4) is 0 Å². The number of nitrogens with zero attached hydrogens (tertiary/aromatic N) is 2. The SMILES string of the molecule is Cl.Cl.NCC1(C(=O)Nc2ccc(-n3cnc4ccccc43)cc2)CCOCC1. The van der Waals surface area contributed by atoms with E-state index in [1.165, 1.54) is 0 Å². The van der Waals surface area contributed by atoms with E-state index in [0.29, 0.717) is 32.6 Å². The Morgan fingerprint density at radius 3 is 2.46 bits per heavy atom. The number of hydrogen-bond donors (Lipinski definition) is 2. The third-order valence-electron chi connectivity index (χ3n) is 5.18. The molecule has 1 aromatic heterocycles. The van der Waals surface area contributed by atoms with E-state index < -0.39 is 5.41 Å². The van der Waals surface area contributed by atoms with Crippen molar-refractivity contribution in [2.75, 3.05) is 25.1 Å². The summed E-state index contributed by atoms with van der Waals surface area (Å²) in [4.78, 5) is 17.2. The Morgan fingerprint density at radius 1 is 1.11 bits per heavy atom. The van der Waals surface area contributed by atoms with E-state index in [-0.39, 0.29) is 30.7 Å². The first-order valence-electron chi connectivity index (χ1n) is 8.84. The van der Waals surface area contributed by atoms with Crippen LogP contribution in [0, 0.1) is 5.41 Å². The van der Waals surface area contributed by atoms with E-state index in [1.807, 2.05) is 59.4 Å². The smallest absolute Gasteiger partial charge is 0.232 e. The van der Waals surface area contributed by atoms with E-state index in [4.69, 9.17) is 10.5 Å². The van der Waals surface area contributed by atoms with Crippen LogP contribution in [0.1, 0.15) is 12.8 Å². The van der Waals surface area contributed by atoms with Gasteiger partial charge in [-0.3, -0.25) is 9.36 Å². The molecule has 3 aromatic rings. The molecule has 0 atom stereocenters. The molecule has 4 rings (SSSR count). The number of amides is 1. The molecule has 2 aromatic carbocycles. The van der Waals surface area contributed by atoms with E-state index >= 15 is 0 Å². The van der Waals surface area contributed by atoms with Gasteiger partial charge in [-0.05, 0) is 49.2 Å². The van der Waals surface area contributed by atoms with Crippen LogP contribution in [0.4, 0.5) is 5.69 Å². The first-order chi connectivity index (χ1) is 12.7. The summed E-state index contributed by atoms with van der Waals surface area (Å²) >= 11 is 0. The fourth-order valence-electron chi connectivity index (χ4n) is 3.42. The molecule has 8 heteroatoms. The second-order valence-electron chi connectivity index (χ2n) is 6.70. The summed E-state index contributed by atoms with van der Waals surface area (Å²) in [5.74, 6) is -0.0240. The third-order valence-corrected chi connectivity index (χ3v) is 5.18. The number of para-hydroxylation sites is 2. The molecule has 0 unspecified atom stereocenters. The molecule has 2 heterocycles. The van der Waals surface area contributed by atoms with Crippen molar-refractivity contribution >= 4 is 47.4 Å². The highest BCUT2D eigenvalue weighted by molar-refractivity contribution is 5.95. The third kappa shape index (κ3) is 4.15. The van der Waals surface area contributed by atoms with Gasteiger partial charge in [0.25, 0.3) is 0 Å². The van der Waals surface area contributed by atoms with Crippen LogP contribution >= 0.6 is 24.8 Å². The van der Waals surface area contributed by atoms with Gasteiger partial charge in [-0.15, -0.1) is 24.8 Å². The molecule has 1 aliphatic rings. The molecule has 0 saturated carbocycles. The molecular formula is C20H24Cl2N4O2. The fourth-order valence-corrected chi connectivity index (χ4v) is 3.42. The van der Waals surface area contributed by atoms with Crippen molar-refractivity contribution in [1.29, 1.82) is 0 Å². The highest BCUT2D eigenvalue weighted by Crippen LogP contribution is 2.31. The number of halogens is 2. The summed E-state index contributed by atoms with van der Waals surface area (Å²) in [5, 5.41) is 3.01. The van der Waals surface area contributed by atoms with Crippen molar-refractivity contribution in [2.24, 2.45) is 11.1 Å². The van der Waals surface area contributed by atoms with Gasteiger partial charge in [0, 0.05) is 31.1 Å². The van der Waals surface area contributed by atoms with Gasteiger partial charge in [0.15, 0.2) is 0 Å². The van der Waals surface area contributed by atoms with Gasteiger partial charge >= 0.3 is 0 Å². The molecule has 0 bridgehead atoms. The number of nitrogens with two attached hydrogens (primary N) is 1. The molecule has 1 saturated heterocycles. The van der Waals surface area contributed by atoms with Gasteiger partial charge in [0.05, 0.1) is 16.4 Å². The predicted molar refractivity (Wildman–Crippen MR) is 116 cm³/mol. The molecular weight excluding hydrogens is 399 g/mol. The Balaban J connectivity index is 0.00000140. The lowest BCUT2D eigenvalue weighted by Crippen LogP contribution is -2.46. The second-order valence-corrected chi connectivity index (χ2v) is 6.70. The zero-order chi connectivity index (χ0) is 18.0. The van der Waals surface area contributed by atoms with E-state index in [1.54, 1.807) is 0 Å². The monoisotopic (exact) mass is 422 g/mol. The molecule has 150 valence electrons. The first kappa shape index (κ1) is 22.2. The number of hydrogen-bond acceptors (Lipinski definition) is 4. The van der Waals surface area contributed by atoms with E-state index in [0.717, 1.165) is 22.4 Å². The summed E-state index contributed by atoms with van der Waals surface area (Å²) in [6.45, 7) is 1.50. The Labute approximate surface area is 176 Å². The minimum absolute atomic E-state index is 0. The van der Waals surface area contributed by atoms with E-state index in [2.05, 4.69) is 10.3 Å². The maximum Gasteiger partial charge on any atom is 0.232 e. The van der Waals surface area contributed by atoms with Crippen molar-refractivity contribution in [3.63, 3.8) is 0 Å². The normalized spacial score (nSPS) is 15.3. The number of carbonyl (C=O) groups is 1. The van der Waals surface area contributed by atoms with Crippen LogP contribution in [-0.4, -0.2) is 35.2 Å². The Kier molecular flexibility index (Phi) is 7.43. The topological polar surface area (TPSA) is 82.2 Å². The zero-order valence-corrected chi connectivity index (χ0v) is 17.0. The zero-order valence-electron chi connectivity index (χ0n) is 15.3. The van der Waals surface area contributed by atoms with Gasteiger partial charge in [-0.2, -0.15) is 0 Å². The lowest BCUT2D eigenvalue weighted by atomic mass is 9.79. The predicted octanol–water partition coefficient (Wildman–Crippen LogP) is 3.56. The maximum atomic E-state index is 12.7. The Bertz CT molecular complexity index is 921. The molecule has 0 radical (unpaired) electrons. The number of carbonyl (C=O) groups excluding carboxylic acids is 1. The lowest BCUT2D eigenvalue weighted by Gasteiger charge is -2.34. The van der Waals surface area contributed by atoms with Crippen LogP contribution < -0.4 is 11.1 Å². The second kappa shape index (κ2) is 9.39. The standard InChI is InChI=1S/C20H22N4O2.2ClH/c21-13-20(9-11-26-12-10-20)19(25)23-15-5-7-16(8-6-15)24-14-22-17-3-1-2-4-18(17)24;;/h1-8,14H,9-13,21H2,(H,23,25);2*1H. The number of nitrogens with one attached hydrogen (secondary N) is 1. The number of rotatable bonds is 4. The van der Waals surface area contributed by atoms with Crippen molar-refractivity contribution in [3.05, 3.63) is 54.9 Å². The summed E-state index contributed by atoms with van der Waals surface area (Å²) in [7, 11) is 0. The molecule has 6 nitrogen and oxygen atoms in total. The number of ether oxygens (including phenoxy) is 1. The Morgan fingerprint density at radius 2 is 1.79 bits per heavy atom. The minimum atomic E-state index is -0.530. The molecule has 1 fully saturated rings. The molecule has 0 spiro atoms. The van der Waals surface area contributed by atoms with Gasteiger partial charge < -0.3 is 15.8 Å². The van der Waals surface area contributed by atoms with Gasteiger partial charge in [0.2, 0.25) is 5.91 Å². The Hall–Kier alpha value is -2.12. The van der Waals surface area contributed by atoms with E-state index in [9.17, 15) is 4.79 Å². The van der Waals surface area contributed by atoms with Crippen LogP contribution in [-0.2, 0) is 9.53 Å². The van der Waals surface area contributed by atoms with Crippen molar-refractivity contribution in [2.45, 2.75) is 12.8 Å². The quantitative estimate of drug-likeness (QED) is 0.672. The summed E-state index contributed by atoms with van der Waals surface area (Å²) < 4.78 is 7.40. The average Bonchev–Trinajstić information content (AvgIpc) is 3.13. The molecule has 1 aliphatic heterocycles. The molecule has 1 amide bonds. The highest BCUT2D eigenvalue weighted by Gasteiger charge is 2.38. The van der Waals surface area contributed by atoms with Crippen molar-refractivity contribution in [1.82, 2.24) is 9.55 Å². The summed E-state index contributed by atoms with van der Waals surface area (Å²) in [6.07, 6.45) is 3.13. The molecule has 28 heavy (non-hydrogen) atoms. The largest absolute Gasteiger partial charge is 0.381 e. The van der Waals surface area contributed by atoms with Crippen LogP contribution in [0.25, 0.3) is 16.7 Å². The summed E-state index contributed by atoms with van der Waals surface area (Å²) in [5.41, 5.74) is 9.14. The number of imidazole rings is 1. The van der Waals surface area contributed by atoms with Gasteiger partial charge in [-0.1, -0.05) is 12.1 Å². The van der Waals surface area contributed by atoms with Gasteiger partial charge in [0.1, 0.15) is 6.33 Å². The summed E-state index contributed by atoms with van der Waals surface area (Å²) in [6, 6.07) is 15.8. The number of benzene rings is 2. The van der Waals surface area contributed by atoms with Crippen LogP contribution in [0.15, 0.2) is 54.9 Å². The lowest BCUT2D eigenvalue weighted by molar-refractivity contribution is -0.130.